The molecular formula is C17H22BrNS. The van der Waals surface area contributed by atoms with E-state index in [0.717, 1.165) is 19.4 Å². The third-order valence-corrected chi connectivity index (χ3v) is 5.80. The summed E-state index contributed by atoms with van der Waals surface area (Å²) in [5.41, 5.74) is 2.81. The molecule has 1 unspecified atom stereocenters. The average molecular weight is 352 g/mol. The summed E-state index contributed by atoms with van der Waals surface area (Å²) in [6.45, 7) is 7.64. The highest BCUT2D eigenvalue weighted by Gasteiger charge is 2.16. The molecule has 1 nitrogen and oxygen atoms in total. The Morgan fingerprint density at radius 1 is 1.25 bits per heavy atom. The smallest absolute Gasteiger partial charge is 0.0456 e. The van der Waals surface area contributed by atoms with E-state index in [-0.39, 0.29) is 0 Å². The van der Waals surface area contributed by atoms with Crippen molar-refractivity contribution in [3.63, 3.8) is 0 Å². The van der Waals surface area contributed by atoms with Gasteiger partial charge < -0.3 is 5.32 Å². The predicted octanol–water partition coefficient (Wildman–Crippen LogP) is 5.41. The lowest BCUT2D eigenvalue weighted by molar-refractivity contribution is 0.535. The van der Waals surface area contributed by atoms with Gasteiger partial charge in [-0.05, 0) is 66.4 Å². The predicted molar refractivity (Wildman–Crippen MR) is 92.7 cm³/mol. The zero-order chi connectivity index (χ0) is 14.5. The lowest BCUT2D eigenvalue weighted by Gasteiger charge is -2.18. The van der Waals surface area contributed by atoms with E-state index in [4.69, 9.17) is 0 Å². The van der Waals surface area contributed by atoms with Gasteiger partial charge in [-0.3, -0.25) is 0 Å². The Labute approximate surface area is 134 Å². The lowest BCUT2D eigenvalue weighted by atomic mass is 10.00. The van der Waals surface area contributed by atoms with Gasteiger partial charge >= 0.3 is 0 Å². The maximum absolute atomic E-state index is 3.69. The highest BCUT2D eigenvalue weighted by molar-refractivity contribution is 9.10. The van der Waals surface area contributed by atoms with Crippen molar-refractivity contribution in [2.45, 2.75) is 39.7 Å². The van der Waals surface area contributed by atoms with Gasteiger partial charge in [-0.15, -0.1) is 11.3 Å². The topological polar surface area (TPSA) is 12.0 Å². The highest BCUT2D eigenvalue weighted by atomic mass is 79.9. The number of aryl methyl sites for hydroxylation is 2. The number of halogens is 1. The monoisotopic (exact) mass is 351 g/mol. The molecule has 0 aliphatic rings. The van der Waals surface area contributed by atoms with Crippen LogP contribution in [0.15, 0.2) is 34.8 Å². The summed E-state index contributed by atoms with van der Waals surface area (Å²) in [7, 11) is 0. The van der Waals surface area contributed by atoms with Gasteiger partial charge in [0.2, 0.25) is 0 Å². The highest BCUT2D eigenvalue weighted by Crippen LogP contribution is 2.32. The van der Waals surface area contributed by atoms with E-state index in [2.05, 4.69) is 72.3 Å². The van der Waals surface area contributed by atoms with Crippen LogP contribution in [0, 0.1) is 13.8 Å². The van der Waals surface area contributed by atoms with Gasteiger partial charge in [-0.1, -0.05) is 31.2 Å². The van der Waals surface area contributed by atoms with E-state index < -0.39 is 0 Å². The minimum Gasteiger partial charge on any atom is -0.309 e. The Morgan fingerprint density at radius 3 is 2.60 bits per heavy atom. The van der Waals surface area contributed by atoms with Crippen LogP contribution < -0.4 is 5.32 Å². The van der Waals surface area contributed by atoms with Gasteiger partial charge in [-0.25, -0.2) is 0 Å². The van der Waals surface area contributed by atoms with Crippen molar-refractivity contribution in [3.05, 3.63) is 55.7 Å². The van der Waals surface area contributed by atoms with Crippen LogP contribution in [0.2, 0.25) is 0 Å². The molecule has 0 aliphatic carbocycles. The summed E-state index contributed by atoms with van der Waals surface area (Å²) >= 11 is 5.52. The minimum atomic E-state index is 0.408. The fourth-order valence-electron chi connectivity index (χ4n) is 2.30. The first kappa shape index (κ1) is 15.7. The van der Waals surface area contributed by atoms with E-state index in [1.165, 1.54) is 25.4 Å². The van der Waals surface area contributed by atoms with Crippen LogP contribution in [0.5, 0.6) is 0 Å². The number of hydrogen-bond acceptors (Lipinski definition) is 2. The zero-order valence-corrected chi connectivity index (χ0v) is 14.8. The van der Waals surface area contributed by atoms with E-state index in [0.29, 0.717) is 6.04 Å². The summed E-state index contributed by atoms with van der Waals surface area (Å²) in [6, 6.07) is 11.4. The van der Waals surface area contributed by atoms with Gasteiger partial charge in [0.05, 0.1) is 0 Å². The second kappa shape index (κ2) is 7.39. The van der Waals surface area contributed by atoms with Crippen LogP contribution >= 0.6 is 27.3 Å². The molecule has 0 saturated heterocycles. The first-order chi connectivity index (χ1) is 9.61. The zero-order valence-electron chi connectivity index (χ0n) is 12.4. The molecule has 2 aromatic rings. The summed E-state index contributed by atoms with van der Waals surface area (Å²) in [6.07, 6.45) is 2.22. The van der Waals surface area contributed by atoms with Gasteiger partial charge in [0.1, 0.15) is 0 Å². The molecule has 1 aromatic heterocycles. The van der Waals surface area contributed by atoms with E-state index in [1.807, 2.05) is 11.3 Å². The SMILES string of the molecule is CCCNC(Cc1ccccc1C)c1cc(Br)c(C)s1. The molecule has 0 bridgehead atoms. The maximum Gasteiger partial charge on any atom is 0.0456 e. The quantitative estimate of drug-likeness (QED) is 0.733. The Morgan fingerprint density at radius 2 is 2.00 bits per heavy atom. The normalized spacial score (nSPS) is 12.6. The van der Waals surface area contributed by atoms with Gasteiger partial charge in [-0.2, -0.15) is 0 Å². The Balaban J connectivity index is 2.21. The molecule has 108 valence electrons. The van der Waals surface area contributed by atoms with Crippen LogP contribution in [0.1, 0.15) is 40.3 Å². The van der Waals surface area contributed by atoms with Crippen LogP contribution in [-0.4, -0.2) is 6.54 Å². The second-order valence-corrected chi connectivity index (χ2v) is 7.33. The number of hydrogen-bond donors (Lipinski definition) is 1. The molecule has 2 rings (SSSR count). The Bertz CT molecular complexity index is 542. The van der Waals surface area contributed by atoms with Crippen molar-refractivity contribution in [2.75, 3.05) is 6.54 Å². The number of nitrogens with one attached hydrogen (secondary N) is 1. The van der Waals surface area contributed by atoms with Crippen LogP contribution in [0.3, 0.4) is 0 Å². The van der Waals surface area contributed by atoms with Crippen LogP contribution in [0.25, 0.3) is 0 Å². The first-order valence-electron chi connectivity index (χ1n) is 7.15. The standard InChI is InChI=1S/C17H22BrNS/c1-4-9-19-16(17-11-15(18)13(3)20-17)10-14-8-6-5-7-12(14)2/h5-8,11,16,19H,4,9-10H2,1-3H3. The Kier molecular flexibility index (Phi) is 5.82. The van der Waals surface area contributed by atoms with Crippen LogP contribution in [-0.2, 0) is 6.42 Å². The molecule has 0 spiro atoms. The lowest BCUT2D eigenvalue weighted by Crippen LogP contribution is -2.23. The third-order valence-electron chi connectivity index (χ3n) is 3.55. The number of benzene rings is 1. The summed E-state index contributed by atoms with van der Waals surface area (Å²) < 4.78 is 1.23. The van der Waals surface area contributed by atoms with E-state index >= 15 is 0 Å². The van der Waals surface area contributed by atoms with Crippen molar-refractivity contribution in [2.24, 2.45) is 0 Å². The average Bonchev–Trinajstić information content (AvgIpc) is 2.76. The molecule has 1 N–H and O–H groups in total. The van der Waals surface area contributed by atoms with Crippen LogP contribution in [0.4, 0.5) is 0 Å². The molecule has 1 atom stereocenters. The Hall–Kier alpha value is -0.640. The molecule has 0 aliphatic heterocycles. The van der Waals surface area contributed by atoms with E-state index in [1.54, 1.807) is 0 Å². The van der Waals surface area contributed by atoms with Crippen molar-refractivity contribution in [1.29, 1.82) is 0 Å². The first-order valence-corrected chi connectivity index (χ1v) is 8.76. The molecule has 0 saturated carbocycles. The van der Waals surface area contributed by atoms with Crippen molar-refractivity contribution < 1.29 is 0 Å². The minimum absolute atomic E-state index is 0.408. The molecule has 0 radical (unpaired) electrons. The molecule has 0 amide bonds. The number of rotatable bonds is 6. The van der Waals surface area contributed by atoms with Gasteiger partial charge in [0.15, 0.2) is 0 Å². The summed E-state index contributed by atoms with van der Waals surface area (Å²) in [5, 5.41) is 3.69. The largest absolute Gasteiger partial charge is 0.309 e. The second-order valence-electron chi connectivity index (χ2n) is 5.19. The van der Waals surface area contributed by atoms with Crippen molar-refractivity contribution in [1.82, 2.24) is 5.32 Å². The summed E-state index contributed by atoms with van der Waals surface area (Å²) in [4.78, 5) is 2.78. The molecule has 20 heavy (non-hydrogen) atoms. The molecule has 1 aromatic carbocycles. The van der Waals surface area contributed by atoms with E-state index in [9.17, 15) is 0 Å². The fraction of sp³-hybridized carbons (Fsp3) is 0.412. The third kappa shape index (κ3) is 3.94. The molecule has 3 heteroatoms. The molecule has 1 heterocycles. The fourth-order valence-corrected chi connectivity index (χ4v) is 3.94. The molecule has 0 fully saturated rings. The van der Waals surface area contributed by atoms with Gasteiger partial charge in [0, 0.05) is 20.3 Å². The maximum atomic E-state index is 3.69. The summed E-state index contributed by atoms with van der Waals surface area (Å²) in [5.74, 6) is 0. The molecular weight excluding hydrogens is 330 g/mol. The van der Waals surface area contributed by atoms with Crippen molar-refractivity contribution >= 4 is 27.3 Å². The number of thiophene rings is 1. The van der Waals surface area contributed by atoms with Crippen molar-refractivity contribution in [3.8, 4) is 0 Å². The van der Waals surface area contributed by atoms with Gasteiger partial charge in [0.25, 0.3) is 0 Å².